The van der Waals surface area contributed by atoms with Crippen LogP contribution in [0.4, 0.5) is 4.39 Å². The zero-order valence-corrected chi connectivity index (χ0v) is 12.3. The second kappa shape index (κ2) is 6.33. The van der Waals surface area contributed by atoms with E-state index in [1.165, 1.54) is 12.1 Å². The standard InChI is InChI=1S/C15H16FN3O4/c16-9-3-4-12-11(6-9)18-14(21)15(22)19(12)8-13(20)17-7-10-2-1-5-23-10/h3-4,6,10H,1-2,5,7-8H2,(H,17,20)(H,18,21). The first kappa shape index (κ1) is 15.4. The van der Waals surface area contributed by atoms with Crippen molar-refractivity contribution in [2.75, 3.05) is 13.2 Å². The van der Waals surface area contributed by atoms with Gasteiger partial charge < -0.3 is 15.0 Å². The van der Waals surface area contributed by atoms with Crippen molar-refractivity contribution in [3.63, 3.8) is 0 Å². The maximum absolute atomic E-state index is 13.3. The molecule has 0 aliphatic carbocycles. The highest BCUT2D eigenvalue weighted by Gasteiger charge is 2.17. The molecular formula is C15H16FN3O4. The van der Waals surface area contributed by atoms with E-state index in [9.17, 15) is 18.8 Å². The van der Waals surface area contributed by atoms with E-state index in [1.807, 2.05) is 0 Å². The lowest BCUT2D eigenvalue weighted by atomic mass is 10.2. The Bertz CT molecular complexity index is 852. The van der Waals surface area contributed by atoms with E-state index in [0.29, 0.717) is 18.7 Å². The molecule has 2 heterocycles. The number of fused-ring (bicyclic) bond motifs is 1. The topological polar surface area (TPSA) is 93.2 Å². The minimum atomic E-state index is -0.893. The van der Waals surface area contributed by atoms with Gasteiger partial charge in [-0.2, -0.15) is 0 Å². The molecule has 8 heteroatoms. The fourth-order valence-corrected chi connectivity index (χ4v) is 2.64. The molecule has 0 bridgehead atoms. The van der Waals surface area contributed by atoms with Gasteiger partial charge in [0.2, 0.25) is 5.91 Å². The van der Waals surface area contributed by atoms with Crippen LogP contribution in [0.15, 0.2) is 27.8 Å². The molecule has 23 heavy (non-hydrogen) atoms. The van der Waals surface area contributed by atoms with Gasteiger partial charge in [-0.05, 0) is 31.0 Å². The number of aromatic nitrogens is 2. The number of H-pyrrole nitrogens is 1. The Morgan fingerprint density at radius 1 is 1.43 bits per heavy atom. The molecule has 1 atom stereocenters. The van der Waals surface area contributed by atoms with E-state index in [-0.39, 0.29) is 18.2 Å². The minimum Gasteiger partial charge on any atom is -0.376 e. The number of carbonyl (C=O) groups excluding carboxylic acids is 1. The first-order valence-electron chi connectivity index (χ1n) is 7.35. The van der Waals surface area contributed by atoms with Crippen molar-refractivity contribution in [1.29, 1.82) is 0 Å². The van der Waals surface area contributed by atoms with Crippen molar-refractivity contribution in [3.8, 4) is 0 Å². The third-order valence-corrected chi connectivity index (χ3v) is 3.79. The van der Waals surface area contributed by atoms with Crippen molar-refractivity contribution in [2.45, 2.75) is 25.5 Å². The van der Waals surface area contributed by atoms with Gasteiger partial charge in [0, 0.05) is 13.2 Å². The molecule has 1 amide bonds. The van der Waals surface area contributed by atoms with Crippen LogP contribution in [0.2, 0.25) is 0 Å². The van der Waals surface area contributed by atoms with Crippen molar-refractivity contribution in [1.82, 2.24) is 14.9 Å². The summed E-state index contributed by atoms with van der Waals surface area (Å²) in [5.41, 5.74) is -1.28. The monoisotopic (exact) mass is 321 g/mol. The summed E-state index contributed by atoms with van der Waals surface area (Å²) in [5, 5.41) is 2.69. The van der Waals surface area contributed by atoms with Crippen LogP contribution in [0.3, 0.4) is 0 Å². The van der Waals surface area contributed by atoms with E-state index in [4.69, 9.17) is 4.74 Å². The second-order valence-corrected chi connectivity index (χ2v) is 5.45. The molecule has 2 aromatic rings. The number of aromatic amines is 1. The zero-order chi connectivity index (χ0) is 16.4. The minimum absolute atomic E-state index is 0.0133. The maximum atomic E-state index is 13.3. The zero-order valence-electron chi connectivity index (χ0n) is 12.3. The number of hydrogen-bond donors (Lipinski definition) is 2. The van der Waals surface area contributed by atoms with Crippen molar-refractivity contribution in [2.24, 2.45) is 0 Å². The molecule has 3 rings (SSSR count). The van der Waals surface area contributed by atoms with Gasteiger partial charge >= 0.3 is 11.1 Å². The summed E-state index contributed by atoms with van der Waals surface area (Å²) in [6.07, 6.45) is 1.83. The molecule has 1 unspecified atom stereocenters. The molecule has 0 radical (unpaired) electrons. The second-order valence-electron chi connectivity index (χ2n) is 5.45. The molecule has 1 aliphatic heterocycles. The number of nitrogens with one attached hydrogen (secondary N) is 2. The molecule has 2 N–H and O–H groups in total. The van der Waals surface area contributed by atoms with Crippen LogP contribution in [-0.4, -0.2) is 34.7 Å². The molecule has 1 aliphatic rings. The average Bonchev–Trinajstić information content (AvgIpc) is 3.03. The molecule has 0 saturated carbocycles. The molecule has 1 aromatic heterocycles. The van der Waals surface area contributed by atoms with E-state index < -0.39 is 22.8 Å². The van der Waals surface area contributed by atoms with Crippen molar-refractivity contribution < 1.29 is 13.9 Å². The SMILES string of the molecule is O=C(Cn1c(=O)c(=O)[nH]c2cc(F)ccc21)NCC1CCCO1. The summed E-state index contributed by atoms with van der Waals surface area (Å²) in [4.78, 5) is 38.0. The quantitative estimate of drug-likeness (QED) is 0.783. The summed E-state index contributed by atoms with van der Waals surface area (Å²) in [6, 6.07) is 3.63. The van der Waals surface area contributed by atoms with Crippen LogP contribution < -0.4 is 16.4 Å². The molecular weight excluding hydrogens is 305 g/mol. The Morgan fingerprint density at radius 3 is 3.00 bits per heavy atom. The predicted octanol–water partition coefficient (Wildman–Crippen LogP) is 0.124. The van der Waals surface area contributed by atoms with Crippen molar-refractivity contribution in [3.05, 3.63) is 44.7 Å². The Balaban J connectivity index is 1.83. The summed E-state index contributed by atoms with van der Waals surface area (Å²) in [6.45, 7) is 0.741. The summed E-state index contributed by atoms with van der Waals surface area (Å²) in [5.74, 6) is -0.944. The number of hydrogen-bond acceptors (Lipinski definition) is 4. The Morgan fingerprint density at radius 2 is 2.26 bits per heavy atom. The summed E-state index contributed by atoms with van der Waals surface area (Å²) in [7, 11) is 0. The number of halogens is 1. The van der Waals surface area contributed by atoms with Gasteiger partial charge in [0.25, 0.3) is 0 Å². The Labute approximate surface area is 130 Å². The lowest BCUT2D eigenvalue weighted by Crippen LogP contribution is -2.41. The molecule has 1 saturated heterocycles. The first-order chi connectivity index (χ1) is 11.0. The fraction of sp³-hybridized carbons (Fsp3) is 0.400. The smallest absolute Gasteiger partial charge is 0.317 e. The van der Waals surface area contributed by atoms with Gasteiger partial charge in [0.05, 0.1) is 17.1 Å². The lowest BCUT2D eigenvalue weighted by Gasteiger charge is -2.12. The summed E-state index contributed by atoms with van der Waals surface area (Å²) >= 11 is 0. The maximum Gasteiger partial charge on any atom is 0.317 e. The average molecular weight is 321 g/mol. The van der Waals surface area contributed by atoms with Crippen molar-refractivity contribution >= 4 is 16.9 Å². The van der Waals surface area contributed by atoms with Crippen LogP contribution in [0.25, 0.3) is 11.0 Å². The van der Waals surface area contributed by atoms with E-state index >= 15 is 0 Å². The van der Waals surface area contributed by atoms with Gasteiger partial charge in [0.15, 0.2) is 0 Å². The van der Waals surface area contributed by atoms with Gasteiger partial charge in [-0.1, -0.05) is 0 Å². The Hall–Kier alpha value is -2.48. The number of benzene rings is 1. The van der Waals surface area contributed by atoms with E-state index in [1.54, 1.807) is 0 Å². The lowest BCUT2D eigenvalue weighted by molar-refractivity contribution is -0.122. The normalized spacial score (nSPS) is 17.5. The number of ether oxygens (including phenoxy) is 1. The predicted molar refractivity (Wildman–Crippen MR) is 80.8 cm³/mol. The number of amides is 1. The highest BCUT2D eigenvalue weighted by molar-refractivity contribution is 5.80. The number of rotatable bonds is 4. The van der Waals surface area contributed by atoms with Crippen LogP contribution in [0.1, 0.15) is 12.8 Å². The largest absolute Gasteiger partial charge is 0.376 e. The molecule has 7 nitrogen and oxygen atoms in total. The number of nitrogens with zero attached hydrogens (tertiary/aromatic N) is 1. The van der Waals surface area contributed by atoms with Crippen LogP contribution in [0, 0.1) is 5.82 Å². The van der Waals surface area contributed by atoms with E-state index in [2.05, 4.69) is 10.3 Å². The molecule has 1 aromatic carbocycles. The van der Waals surface area contributed by atoms with Gasteiger partial charge in [-0.3, -0.25) is 19.0 Å². The third-order valence-electron chi connectivity index (χ3n) is 3.79. The number of carbonyl (C=O) groups is 1. The fourth-order valence-electron chi connectivity index (χ4n) is 2.64. The van der Waals surface area contributed by atoms with E-state index in [0.717, 1.165) is 23.5 Å². The van der Waals surface area contributed by atoms with Gasteiger partial charge in [0.1, 0.15) is 12.4 Å². The summed E-state index contributed by atoms with van der Waals surface area (Å²) < 4.78 is 19.7. The van der Waals surface area contributed by atoms with Gasteiger partial charge in [-0.15, -0.1) is 0 Å². The highest BCUT2D eigenvalue weighted by Crippen LogP contribution is 2.11. The third kappa shape index (κ3) is 3.31. The Kier molecular flexibility index (Phi) is 4.24. The van der Waals surface area contributed by atoms with Crippen LogP contribution in [0.5, 0.6) is 0 Å². The molecule has 122 valence electrons. The first-order valence-corrected chi connectivity index (χ1v) is 7.35. The molecule has 1 fully saturated rings. The van der Waals surface area contributed by atoms with Crippen LogP contribution in [-0.2, 0) is 16.1 Å². The van der Waals surface area contributed by atoms with Crippen LogP contribution >= 0.6 is 0 Å². The molecule has 0 spiro atoms. The highest BCUT2D eigenvalue weighted by atomic mass is 19.1. The van der Waals surface area contributed by atoms with Gasteiger partial charge in [-0.25, -0.2) is 4.39 Å².